The number of benzene rings is 4. The van der Waals surface area contributed by atoms with Crippen LogP contribution in [0.1, 0.15) is 0 Å². The number of sulfonamides is 1. The van der Waals surface area contributed by atoms with Crippen LogP contribution in [-0.4, -0.2) is 21.4 Å². The van der Waals surface area contributed by atoms with Crippen molar-refractivity contribution in [3.8, 4) is 11.5 Å². The number of para-hydroxylation sites is 1. The summed E-state index contributed by atoms with van der Waals surface area (Å²) in [6, 6.07) is 17.2. The van der Waals surface area contributed by atoms with Crippen LogP contribution in [0.2, 0.25) is 0 Å². The van der Waals surface area contributed by atoms with Gasteiger partial charge in [-0.05, 0) is 53.2 Å². The van der Waals surface area contributed by atoms with Crippen LogP contribution in [0.15, 0.2) is 92.8 Å². The van der Waals surface area contributed by atoms with Gasteiger partial charge in [-0.2, -0.15) is 5.11 Å². The minimum absolute atomic E-state index is 0. The zero-order chi connectivity index (χ0) is 25.4. The number of hydrogen-bond donors (Lipinski definition) is 2. The molecule has 189 valence electrons. The van der Waals surface area contributed by atoms with Gasteiger partial charge in [-0.25, -0.2) is 22.0 Å². The van der Waals surface area contributed by atoms with Crippen LogP contribution < -0.4 is 50.2 Å². The van der Waals surface area contributed by atoms with Crippen molar-refractivity contribution in [3.63, 3.8) is 0 Å². The molecule has 0 aliphatic heterocycles. The van der Waals surface area contributed by atoms with Crippen molar-refractivity contribution in [1.82, 2.24) is 0 Å². The third-order valence-corrected chi connectivity index (χ3v) is 6.64. The molecular formula is C22H15CuN4NaO7S2. The maximum atomic E-state index is 13.0. The molecule has 0 aliphatic rings. The predicted molar refractivity (Wildman–Crippen MR) is 123 cm³/mol. The number of nitrogens with one attached hydrogen (secondary N) is 1. The second kappa shape index (κ2) is 11.9. The van der Waals surface area contributed by atoms with Gasteiger partial charge >= 0.3 is 46.6 Å². The summed E-state index contributed by atoms with van der Waals surface area (Å²) in [5.74, 6) is -1.68. The molecule has 0 saturated carbocycles. The standard InChI is InChI=1S/C22H18N4O7S2.Cu.Na/c23-34(29,30)16-7-9-19(27)18(12-16)25-26-21-20(35(31,32)33)11-13-10-15(6-8-17(13)22(21)28)24-14-4-2-1-3-5-14;;/h1-12,24,27-28H,(H2,23,29,30)(H,31,32,33);;/q;+2;+1/p-3. The topological polar surface area (TPSA) is 200 Å². The molecule has 0 heterocycles. The molecule has 0 amide bonds. The van der Waals surface area contributed by atoms with E-state index in [1.807, 2.05) is 18.2 Å². The fourth-order valence-corrected chi connectivity index (χ4v) is 4.42. The number of azo groups is 1. The van der Waals surface area contributed by atoms with Crippen LogP contribution >= 0.6 is 0 Å². The Bertz CT molecular complexity index is 1700. The maximum absolute atomic E-state index is 13.0. The van der Waals surface area contributed by atoms with Gasteiger partial charge in [0.05, 0.1) is 21.2 Å². The third-order valence-electron chi connectivity index (χ3n) is 4.88. The van der Waals surface area contributed by atoms with E-state index < -0.39 is 52.8 Å². The zero-order valence-electron chi connectivity index (χ0n) is 18.9. The molecular weight excluding hydrogens is 583 g/mol. The first-order valence-corrected chi connectivity index (χ1v) is 12.7. The molecule has 37 heavy (non-hydrogen) atoms. The van der Waals surface area contributed by atoms with Crippen LogP contribution in [0.25, 0.3) is 10.8 Å². The fourth-order valence-electron chi connectivity index (χ4n) is 3.25. The van der Waals surface area contributed by atoms with E-state index in [1.165, 1.54) is 12.1 Å². The summed E-state index contributed by atoms with van der Waals surface area (Å²) in [5, 5.41) is 40.5. The van der Waals surface area contributed by atoms with Crippen molar-refractivity contribution in [1.29, 1.82) is 0 Å². The van der Waals surface area contributed by atoms with Crippen LogP contribution in [0.5, 0.6) is 11.5 Å². The van der Waals surface area contributed by atoms with Gasteiger partial charge in [0.25, 0.3) is 0 Å². The molecule has 0 aromatic heterocycles. The Morgan fingerprint density at radius 3 is 2.11 bits per heavy atom. The fraction of sp³-hybridized carbons (Fsp3) is 0. The van der Waals surface area contributed by atoms with Gasteiger partial charge in [-0.1, -0.05) is 41.8 Å². The monoisotopic (exact) mass is 597 g/mol. The quantitative estimate of drug-likeness (QED) is 0.171. The first-order chi connectivity index (χ1) is 16.4. The first kappa shape index (κ1) is 30.7. The molecule has 0 fully saturated rings. The average molecular weight is 598 g/mol. The molecule has 0 aliphatic carbocycles. The van der Waals surface area contributed by atoms with Crippen molar-refractivity contribution in [2.24, 2.45) is 15.4 Å². The van der Waals surface area contributed by atoms with Crippen molar-refractivity contribution in [2.45, 2.75) is 9.79 Å². The molecule has 0 unspecified atom stereocenters. The Kier molecular flexibility index (Phi) is 9.87. The molecule has 0 saturated heterocycles. The van der Waals surface area contributed by atoms with Gasteiger partial charge in [0.2, 0.25) is 10.0 Å². The number of anilines is 2. The number of fused-ring (bicyclic) bond motifs is 1. The summed E-state index contributed by atoms with van der Waals surface area (Å²) in [6.45, 7) is 0. The van der Waals surface area contributed by atoms with Crippen molar-refractivity contribution < 1.29 is 78.2 Å². The Labute approximate surface area is 245 Å². The molecule has 0 atom stereocenters. The van der Waals surface area contributed by atoms with Crippen LogP contribution in [0.4, 0.5) is 22.7 Å². The van der Waals surface area contributed by atoms with E-state index in [-0.39, 0.29) is 57.4 Å². The van der Waals surface area contributed by atoms with E-state index in [9.17, 15) is 31.6 Å². The minimum Gasteiger partial charge on any atom is -0.871 e. The number of rotatable bonds is 6. The van der Waals surface area contributed by atoms with Gasteiger partial charge < -0.3 is 20.1 Å². The van der Waals surface area contributed by atoms with E-state index in [2.05, 4.69) is 15.5 Å². The normalized spacial score (nSPS) is 11.6. The van der Waals surface area contributed by atoms with Crippen molar-refractivity contribution in [2.75, 3.05) is 5.32 Å². The summed E-state index contributed by atoms with van der Waals surface area (Å²) in [7, 11) is -9.36. The summed E-state index contributed by atoms with van der Waals surface area (Å²) in [6.07, 6.45) is 0. The minimum atomic E-state index is -5.18. The van der Waals surface area contributed by atoms with Gasteiger partial charge in [-0.15, -0.1) is 5.11 Å². The molecule has 0 spiro atoms. The van der Waals surface area contributed by atoms with Gasteiger partial charge in [0, 0.05) is 11.4 Å². The zero-order valence-corrected chi connectivity index (χ0v) is 23.5. The Morgan fingerprint density at radius 1 is 0.811 bits per heavy atom. The van der Waals surface area contributed by atoms with Crippen molar-refractivity contribution >= 4 is 53.7 Å². The SMILES string of the molecule is NS(=O)(=O)c1ccc([O-])c(N=Nc2c(S(=O)(=O)[O-])cc3cc(Nc4ccccc4)ccc3c2[O-])c1.[Cu+2].[Na+]. The number of nitrogens with two attached hydrogens (primary N) is 1. The molecule has 3 N–H and O–H groups in total. The first-order valence-electron chi connectivity index (χ1n) is 9.75. The van der Waals surface area contributed by atoms with Crippen LogP contribution in [0, 0.1) is 0 Å². The Balaban J connectivity index is 0.00000241. The van der Waals surface area contributed by atoms with Crippen molar-refractivity contribution in [3.05, 3.63) is 72.8 Å². The molecule has 11 nitrogen and oxygen atoms in total. The average Bonchev–Trinajstić information content (AvgIpc) is 2.78. The molecule has 1 radical (unpaired) electrons. The molecule has 0 bridgehead atoms. The van der Waals surface area contributed by atoms with Crippen LogP contribution in [-0.2, 0) is 37.2 Å². The van der Waals surface area contributed by atoms with E-state index in [0.717, 1.165) is 30.0 Å². The maximum Gasteiger partial charge on any atom is 2.00 e. The van der Waals surface area contributed by atoms with Gasteiger partial charge in [-0.3, -0.25) is 0 Å². The second-order valence-corrected chi connectivity index (χ2v) is 10.2. The Morgan fingerprint density at radius 2 is 1.49 bits per heavy atom. The van der Waals surface area contributed by atoms with Gasteiger partial charge in [0.15, 0.2) is 0 Å². The van der Waals surface area contributed by atoms with E-state index >= 15 is 0 Å². The second-order valence-electron chi connectivity index (χ2n) is 7.31. The summed E-state index contributed by atoms with van der Waals surface area (Å²) in [5.41, 5.74) is -0.0571. The van der Waals surface area contributed by atoms with E-state index in [1.54, 1.807) is 18.2 Å². The van der Waals surface area contributed by atoms with E-state index in [4.69, 9.17) is 5.14 Å². The van der Waals surface area contributed by atoms with Crippen LogP contribution in [0.3, 0.4) is 0 Å². The largest absolute Gasteiger partial charge is 2.00 e. The Hall–Kier alpha value is -2.52. The summed E-state index contributed by atoms with van der Waals surface area (Å²) >= 11 is 0. The smallest absolute Gasteiger partial charge is 0.871 e. The van der Waals surface area contributed by atoms with Gasteiger partial charge in [0.1, 0.15) is 10.1 Å². The summed E-state index contributed by atoms with van der Waals surface area (Å²) < 4.78 is 58.8. The molecule has 4 rings (SSSR count). The molecule has 15 heteroatoms. The number of hydrogen-bond acceptors (Lipinski definition) is 10. The van der Waals surface area contributed by atoms with E-state index in [0.29, 0.717) is 5.69 Å². The molecule has 4 aromatic rings. The predicted octanol–water partition coefficient (Wildman–Crippen LogP) is -0.301. The third kappa shape index (κ3) is 7.07. The molecule has 4 aromatic carbocycles. The number of primary sulfonamides is 1. The summed E-state index contributed by atoms with van der Waals surface area (Å²) in [4.78, 5) is -1.38. The number of nitrogens with zero attached hydrogens (tertiary/aromatic N) is 2.